The molecule has 1 rings (SSSR count). The molecule has 0 aromatic heterocycles. The average molecular weight is 250 g/mol. The van der Waals surface area contributed by atoms with E-state index in [2.05, 4.69) is 6.58 Å². The molecule has 0 saturated carbocycles. The zero-order valence-corrected chi connectivity index (χ0v) is 10.8. The third kappa shape index (κ3) is 3.79. The first-order chi connectivity index (χ1) is 6.61. The third-order valence-electron chi connectivity index (χ3n) is 1.66. The van der Waals surface area contributed by atoms with E-state index in [1.165, 1.54) is 0 Å². The normalized spacial score (nSPS) is 20.1. The molecule has 0 aliphatic carbocycles. The molecular weight excluding hydrogens is 236 g/mol. The monoisotopic (exact) mass is 250 g/mol. The van der Waals surface area contributed by atoms with Gasteiger partial charge in [-0.3, -0.25) is 0 Å². The molecule has 0 bridgehead atoms. The zero-order valence-electron chi connectivity index (χ0n) is 8.32. The summed E-state index contributed by atoms with van der Waals surface area (Å²) in [6.07, 6.45) is -0.0323. The molecule has 1 aliphatic rings. The van der Waals surface area contributed by atoms with Crippen LogP contribution in [0.3, 0.4) is 0 Å². The Balaban J connectivity index is 2.36. The van der Waals surface area contributed by atoms with Crippen LogP contribution in [0.1, 0.15) is 13.8 Å². The maximum Gasteiger partial charge on any atom is 0.333 e. The molecule has 1 fully saturated rings. The van der Waals surface area contributed by atoms with Gasteiger partial charge in [-0.05, 0) is 13.8 Å². The van der Waals surface area contributed by atoms with Crippen LogP contribution in [0.15, 0.2) is 12.2 Å². The Morgan fingerprint density at radius 2 is 2.07 bits per heavy atom. The molecule has 0 aromatic carbocycles. The van der Waals surface area contributed by atoms with Crippen LogP contribution in [0.5, 0.6) is 0 Å². The summed E-state index contributed by atoms with van der Waals surface area (Å²) in [6, 6.07) is 0. The molecular formula is C9H14O2S3. The average Bonchev–Trinajstić information content (AvgIpc) is 2.19. The number of carbonyl (C=O) groups excluding carboxylic acids is 1. The van der Waals surface area contributed by atoms with Crippen molar-refractivity contribution in [2.24, 2.45) is 0 Å². The van der Waals surface area contributed by atoms with Crippen molar-refractivity contribution in [2.45, 2.75) is 24.5 Å². The molecule has 0 N–H and O–H groups in total. The zero-order chi connectivity index (χ0) is 10.6. The summed E-state index contributed by atoms with van der Waals surface area (Å²) in [5, 5.41) is 2.18. The molecule has 1 aliphatic heterocycles. The standard InChI is InChI=1S/C9H14O2S3/c1-6(2)8(10)11-7(3)9-13-4-12-5-14-9/h7,9H,1,4-5H2,2-3H3. The summed E-state index contributed by atoms with van der Waals surface area (Å²) in [6.45, 7) is 7.18. The van der Waals surface area contributed by atoms with Gasteiger partial charge in [-0.15, -0.1) is 35.3 Å². The van der Waals surface area contributed by atoms with Gasteiger partial charge in [0.25, 0.3) is 0 Å². The van der Waals surface area contributed by atoms with Gasteiger partial charge in [0.2, 0.25) is 0 Å². The van der Waals surface area contributed by atoms with Gasteiger partial charge >= 0.3 is 5.97 Å². The van der Waals surface area contributed by atoms with E-state index in [1.807, 2.05) is 42.2 Å². The van der Waals surface area contributed by atoms with Crippen LogP contribution in [0, 0.1) is 0 Å². The van der Waals surface area contributed by atoms with Gasteiger partial charge in [0.15, 0.2) is 0 Å². The van der Waals surface area contributed by atoms with Crippen molar-refractivity contribution >= 4 is 41.3 Å². The molecule has 1 atom stereocenters. The lowest BCUT2D eigenvalue weighted by Crippen LogP contribution is -2.25. The van der Waals surface area contributed by atoms with Gasteiger partial charge < -0.3 is 4.74 Å². The van der Waals surface area contributed by atoms with Crippen molar-refractivity contribution in [1.29, 1.82) is 0 Å². The minimum atomic E-state index is -0.281. The van der Waals surface area contributed by atoms with Gasteiger partial charge in [0.05, 0.1) is 4.58 Å². The van der Waals surface area contributed by atoms with Crippen molar-refractivity contribution in [3.63, 3.8) is 0 Å². The summed E-state index contributed by atoms with van der Waals surface area (Å²) >= 11 is 5.60. The first-order valence-electron chi connectivity index (χ1n) is 4.28. The number of ether oxygens (including phenoxy) is 1. The highest BCUT2D eigenvalue weighted by molar-refractivity contribution is 8.32. The lowest BCUT2D eigenvalue weighted by Gasteiger charge is -2.26. The Bertz CT molecular complexity index is 224. The van der Waals surface area contributed by atoms with E-state index in [4.69, 9.17) is 4.74 Å². The number of esters is 1. The minimum absolute atomic E-state index is 0.0323. The second-order valence-electron chi connectivity index (χ2n) is 3.03. The van der Waals surface area contributed by atoms with E-state index < -0.39 is 0 Å². The lowest BCUT2D eigenvalue weighted by molar-refractivity contribution is -0.142. The molecule has 0 spiro atoms. The van der Waals surface area contributed by atoms with Crippen LogP contribution >= 0.6 is 35.3 Å². The highest BCUT2D eigenvalue weighted by Gasteiger charge is 2.24. The Kier molecular flexibility index (Phi) is 5.26. The van der Waals surface area contributed by atoms with E-state index in [0.717, 1.165) is 10.2 Å². The first-order valence-corrected chi connectivity index (χ1v) is 7.54. The lowest BCUT2D eigenvalue weighted by atomic mass is 10.3. The van der Waals surface area contributed by atoms with Crippen molar-refractivity contribution in [3.05, 3.63) is 12.2 Å². The summed E-state index contributed by atoms with van der Waals surface area (Å²) in [7, 11) is 0. The number of rotatable bonds is 3. The van der Waals surface area contributed by atoms with E-state index in [1.54, 1.807) is 6.92 Å². The first kappa shape index (κ1) is 12.3. The van der Waals surface area contributed by atoms with Crippen LogP contribution in [0.25, 0.3) is 0 Å². The highest BCUT2D eigenvalue weighted by atomic mass is 32.3. The summed E-state index contributed by atoms with van der Waals surface area (Å²) in [4.78, 5) is 11.3. The van der Waals surface area contributed by atoms with Gasteiger partial charge in [0, 0.05) is 15.7 Å². The maximum absolute atomic E-state index is 11.3. The topological polar surface area (TPSA) is 26.3 Å². The predicted molar refractivity (Wildman–Crippen MR) is 66.7 cm³/mol. The van der Waals surface area contributed by atoms with Crippen LogP contribution < -0.4 is 0 Å². The van der Waals surface area contributed by atoms with Crippen LogP contribution in [-0.2, 0) is 9.53 Å². The van der Waals surface area contributed by atoms with Crippen LogP contribution in [0.4, 0.5) is 0 Å². The predicted octanol–water partition coefficient (Wildman–Crippen LogP) is 2.95. The number of hydrogen-bond acceptors (Lipinski definition) is 5. The Hall–Kier alpha value is 0.260. The Morgan fingerprint density at radius 3 is 2.57 bits per heavy atom. The highest BCUT2D eigenvalue weighted by Crippen LogP contribution is 2.38. The van der Waals surface area contributed by atoms with Gasteiger partial charge in [0.1, 0.15) is 6.10 Å². The fourth-order valence-corrected chi connectivity index (χ4v) is 5.67. The quantitative estimate of drug-likeness (QED) is 0.567. The maximum atomic E-state index is 11.3. The fourth-order valence-electron chi connectivity index (χ4n) is 0.908. The van der Waals surface area contributed by atoms with Gasteiger partial charge in [-0.25, -0.2) is 4.79 Å². The number of hydrogen-bond donors (Lipinski definition) is 0. The minimum Gasteiger partial charge on any atom is -0.457 e. The number of thioether (sulfide) groups is 3. The molecule has 14 heavy (non-hydrogen) atoms. The molecule has 0 radical (unpaired) electrons. The molecule has 1 saturated heterocycles. The van der Waals surface area contributed by atoms with E-state index in [-0.39, 0.29) is 12.1 Å². The van der Waals surface area contributed by atoms with E-state index in [9.17, 15) is 4.79 Å². The van der Waals surface area contributed by atoms with Crippen molar-refractivity contribution in [3.8, 4) is 0 Å². The molecule has 80 valence electrons. The second kappa shape index (κ2) is 5.98. The molecule has 5 heteroatoms. The summed E-state index contributed by atoms with van der Waals surface area (Å²) < 4.78 is 5.64. The van der Waals surface area contributed by atoms with E-state index >= 15 is 0 Å². The number of carbonyl (C=O) groups is 1. The Morgan fingerprint density at radius 1 is 1.50 bits per heavy atom. The van der Waals surface area contributed by atoms with Crippen molar-refractivity contribution in [2.75, 3.05) is 10.2 Å². The Labute approximate surface area is 97.6 Å². The van der Waals surface area contributed by atoms with Gasteiger partial charge in [-0.1, -0.05) is 6.58 Å². The molecule has 0 amide bonds. The van der Waals surface area contributed by atoms with Crippen LogP contribution in [-0.4, -0.2) is 26.8 Å². The van der Waals surface area contributed by atoms with Gasteiger partial charge in [-0.2, -0.15) is 0 Å². The van der Waals surface area contributed by atoms with E-state index in [0.29, 0.717) is 10.2 Å². The smallest absolute Gasteiger partial charge is 0.333 e. The van der Waals surface area contributed by atoms with Crippen molar-refractivity contribution in [1.82, 2.24) is 0 Å². The summed E-state index contributed by atoms with van der Waals surface area (Å²) in [5.41, 5.74) is 0.469. The largest absolute Gasteiger partial charge is 0.457 e. The van der Waals surface area contributed by atoms with Crippen LogP contribution in [0.2, 0.25) is 0 Å². The summed E-state index contributed by atoms with van der Waals surface area (Å²) in [5.74, 6) is -0.281. The fraction of sp³-hybridized carbons (Fsp3) is 0.667. The molecule has 1 unspecified atom stereocenters. The van der Waals surface area contributed by atoms with Crippen molar-refractivity contribution < 1.29 is 9.53 Å². The molecule has 0 aromatic rings. The molecule has 1 heterocycles. The molecule has 2 nitrogen and oxygen atoms in total. The second-order valence-corrected chi connectivity index (χ2v) is 7.31. The SMILES string of the molecule is C=C(C)C(=O)OC(C)C1SCSCS1. The third-order valence-corrected chi connectivity index (χ3v) is 6.32.